The minimum Gasteiger partial charge on any atom is -0.349 e. The second-order valence-corrected chi connectivity index (χ2v) is 6.21. The van der Waals surface area contributed by atoms with Gasteiger partial charge >= 0.3 is 0 Å². The lowest BCUT2D eigenvalue weighted by Crippen LogP contribution is -2.58. The van der Waals surface area contributed by atoms with Gasteiger partial charge in [0.1, 0.15) is 6.04 Å². The van der Waals surface area contributed by atoms with Crippen molar-refractivity contribution in [3.63, 3.8) is 0 Å². The first kappa shape index (κ1) is 14.0. The Balaban J connectivity index is 2.02. The number of amides is 1. The van der Waals surface area contributed by atoms with Gasteiger partial charge in [0.05, 0.1) is 6.04 Å². The topological polar surface area (TPSA) is 67.2 Å². The maximum Gasteiger partial charge on any atom is 0.241 e. The Labute approximate surface area is 114 Å². The van der Waals surface area contributed by atoms with Gasteiger partial charge in [-0.3, -0.25) is 4.79 Å². The highest BCUT2D eigenvalue weighted by Crippen LogP contribution is 2.23. The normalized spacial score (nSPS) is 17.7. The standard InChI is InChI=1S/C15H23N3O/c1-15(2,3)11-6-4-10(5-7-11)13(16)14(19)18-12-8-17-9-12/h4-7,12-13,17H,8-9,16H2,1-3H3,(H,18,19). The second kappa shape index (κ2) is 5.31. The number of nitrogens with one attached hydrogen (secondary N) is 2. The van der Waals surface area contributed by atoms with Crippen molar-refractivity contribution in [1.29, 1.82) is 0 Å². The van der Waals surface area contributed by atoms with Crippen LogP contribution < -0.4 is 16.4 Å². The summed E-state index contributed by atoms with van der Waals surface area (Å²) in [7, 11) is 0. The van der Waals surface area contributed by atoms with Gasteiger partial charge in [-0.1, -0.05) is 45.0 Å². The minimum atomic E-state index is -0.588. The first-order valence-electron chi connectivity index (χ1n) is 6.75. The molecule has 1 amide bonds. The van der Waals surface area contributed by atoms with Crippen LogP contribution in [0.25, 0.3) is 0 Å². The lowest BCUT2D eigenvalue weighted by molar-refractivity contribution is -0.123. The Morgan fingerprint density at radius 2 is 1.89 bits per heavy atom. The summed E-state index contributed by atoms with van der Waals surface area (Å²) < 4.78 is 0. The highest BCUT2D eigenvalue weighted by Gasteiger charge is 2.23. The van der Waals surface area contributed by atoms with E-state index in [2.05, 4.69) is 31.4 Å². The largest absolute Gasteiger partial charge is 0.349 e. The summed E-state index contributed by atoms with van der Waals surface area (Å²) in [6.07, 6.45) is 0. The first-order valence-corrected chi connectivity index (χ1v) is 6.75. The molecule has 1 fully saturated rings. The number of rotatable bonds is 3. The lowest BCUT2D eigenvalue weighted by atomic mass is 9.86. The van der Waals surface area contributed by atoms with E-state index in [0.717, 1.165) is 18.7 Å². The van der Waals surface area contributed by atoms with E-state index in [9.17, 15) is 4.79 Å². The molecule has 1 unspecified atom stereocenters. The number of benzene rings is 1. The number of carbonyl (C=O) groups is 1. The lowest BCUT2D eigenvalue weighted by Gasteiger charge is -2.29. The molecule has 1 aromatic rings. The van der Waals surface area contributed by atoms with Crippen molar-refractivity contribution in [3.8, 4) is 0 Å². The number of nitrogens with two attached hydrogens (primary N) is 1. The maximum absolute atomic E-state index is 12.0. The average molecular weight is 261 g/mol. The molecule has 0 spiro atoms. The fraction of sp³-hybridized carbons (Fsp3) is 0.533. The number of carbonyl (C=O) groups excluding carboxylic acids is 1. The fourth-order valence-electron chi connectivity index (χ4n) is 2.02. The molecule has 2 rings (SSSR count). The van der Waals surface area contributed by atoms with Crippen LogP contribution in [0, 0.1) is 0 Å². The van der Waals surface area contributed by atoms with Crippen molar-refractivity contribution in [3.05, 3.63) is 35.4 Å². The predicted octanol–water partition coefficient (Wildman–Crippen LogP) is 1.07. The molecule has 1 aliphatic rings. The molecular weight excluding hydrogens is 238 g/mol. The Morgan fingerprint density at radius 1 is 1.32 bits per heavy atom. The van der Waals surface area contributed by atoms with Crippen molar-refractivity contribution < 1.29 is 4.79 Å². The van der Waals surface area contributed by atoms with E-state index in [1.54, 1.807) is 0 Å². The van der Waals surface area contributed by atoms with Gasteiger partial charge in [0, 0.05) is 13.1 Å². The van der Waals surface area contributed by atoms with E-state index in [0.29, 0.717) is 0 Å². The van der Waals surface area contributed by atoms with E-state index >= 15 is 0 Å². The van der Waals surface area contributed by atoms with E-state index in [1.807, 2.05) is 24.3 Å². The zero-order valence-corrected chi connectivity index (χ0v) is 11.9. The van der Waals surface area contributed by atoms with Gasteiger partial charge in [-0.05, 0) is 16.5 Å². The van der Waals surface area contributed by atoms with Crippen LogP contribution in [0.3, 0.4) is 0 Å². The van der Waals surface area contributed by atoms with Gasteiger partial charge in [-0.25, -0.2) is 0 Å². The van der Waals surface area contributed by atoms with E-state index in [1.165, 1.54) is 5.56 Å². The molecular formula is C15H23N3O. The summed E-state index contributed by atoms with van der Waals surface area (Å²) in [5.41, 5.74) is 8.21. The zero-order valence-electron chi connectivity index (χ0n) is 11.9. The molecule has 1 aliphatic heterocycles. The molecule has 19 heavy (non-hydrogen) atoms. The molecule has 4 heteroatoms. The van der Waals surface area contributed by atoms with Crippen LogP contribution in [0.4, 0.5) is 0 Å². The number of hydrogen-bond donors (Lipinski definition) is 3. The Hall–Kier alpha value is -1.39. The second-order valence-electron chi connectivity index (χ2n) is 6.21. The zero-order chi connectivity index (χ0) is 14.0. The monoisotopic (exact) mass is 261 g/mol. The van der Waals surface area contributed by atoms with Crippen molar-refractivity contribution in [1.82, 2.24) is 10.6 Å². The van der Waals surface area contributed by atoms with Gasteiger partial charge in [0.25, 0.3) is 0 Å². The molecule has 4 nitrogen and oxygen atoms in total. The molecule has 1 aromatic carbocycles. The number of hydrogen-bond acceptors (Lipinski definition) is 3. The molecule has 1 saturated heterocycles. The third-order valence-corrected chi connectivity index (χ3v) is 3.55. The van der Waals surface area contributed by atoms with Gasteiger partial charge in [-0.15, -0.1) is 0 Å². The molecule has 4 N–H and O–H groups in total. The van der Waals surface area contributed by atoms with Crippen LogP contribution in [0.15, 0.2) is 24.3 Å². The summed E-state index contributed by atoms with van der Waals surface area (Å²) in [6.45, 7) is 8.16. The van der Waals surface area contributed by atoms with Crippen LogP contribution in [-0.4, -0.2) is 25.0 Å². The molecule has 0 aromatic heterocycles. The smallest absolute Gasteiger partial charge is 0.241 e. The van der Waals surface area contributed by atoms with Crippen molar-refractivity contribution >= 4 is 5.91 Å². The van der Waals surface area contributed by atoms with E-state index in [-0.39, 0.29) is 17.4 Å². The van der Waals surface area contributed by atoms with Crippen molar-refractivity contribution in [2.45, 2.75) is 38.3 Å². The molecule has 104 valence electrons. The van der Waals surface area contributed by atoms with E-state index in [4.69, 9.17) is 5.73 Å². The quantitative estimate of drug-likeness (QED) is 0.762. The van der Waals surface area contributed by atoms with Crippen LogP contribution in [0.1, 0.15) is 37.9 Å². The average Bonchev–Trinajstić information content (AvgIpc) is 2.31. The summed E-state index contributed by atoms with van der Waals surface area (Å²) >= 11 is 0. The van der Waals surface area contributed by atoms with Gasteiger partial charge in [-0.2, -0.15) is 0 Å². The fourth-order valence-corrected chi connectivity index (χ4v) is 2.02. The molecule has 0 bridgehead atoms. The minimum absolute atomic E-state index is 0.102. The molecule has 1 heterocycles. The summed E-state index contributed by atoms with van der Waals surface area (Å²) in [5.74, 6) is -0.102. The first-order chi connectivity index (χ1) is 8.88. The van der Waals surface area contributed by atoms with Gasteiger partial charge < -0.3 is 16.4 Å². The Kier molecular flexibility index (Phi) is 3.92. The highest BCUT2D eigenvalue weighted by atomic mass is 16.2. The summed E-state index contributed by atoms with van der Waals surface area (Å²) in [4.78, 5) is 12.0. The predicted molar refractivity (Wildman–Crippen MR) is 76.9 cm³/mol. The third kappa shape index (κ3) is 3.33. The van der Waals surface area contributed by atoms with Crippen LogP contribution in [0.2, 0.25) is 0 Å². The Bertz CT molecular complexity index is 443. The maximum atomic E-state index is 12.0. The molecule has 0 aliphatic carbocycles. The molecule has 0 radical (unpaired) electrons. The Morgan fingerprint density at radius 3 is 2.32 bits per heavy atom. The van der Waals surface area contributed by atoms with Gasteiger partial charge in [0.15, 0.2) is 0 Å². The van der Waals surface area contributed by atoms with E-state index < -0.39 is 6.04 Å². The third-order valence-electron chi connectivity index (χ3n) is 3.55. The van der Waals surface area contributed by atoms with Gasteiger partial charge in [0.2, 0.25) is 5.91 Å². The summed E-state index contributed by atoms with van der Waals surface area (Å²) in [6, 6.07) is 7.64. The van der Waals surface area contributed by atoms with Crippen molar-refractivity contribution in [2.75, 3.05) is 13.1 Å². The SMILES string of the molecule is CC(C)(C)c1ccc(C(N)C(=O)NC2CNC2)cc1. The molecule has 0 saturated carbocycles. The summed E-state index contributed by atoms with van der Waals surface area (Å²) in [5, 5.41) is 6.05. The molecule has 1 atom stereocenters. The van der Waals surface area contributed by atoms with Crippen LogP contribution in [-0.2, 0) is 10.2 Å². The van der Waals surface area contributed by atoms with Crippen LogP contribution in [0.5, 0.6) is 0 Å². The van der Waals surface area contributed by atoms with Crippen LogP contribution >= 0.6 is 0 Å². The highest BCUT2D eigenvalue weighted by molar-refractivity contribution is 5.83. The van der Waals surface area contributed by atoms with Crippen molar-refractivity contribution in [2.24, 2.45) is 5.73 Å².